The quantitative estimate of drug-likeness (QED) is 0.353. The van der Waals surface area contributed by atoms with E-state index in [1.807, 2.05) is 0 Å². The molecular weight excluding hydrogens is 122 g/mol. The lowest BCUT2D eigenvalue weighted by atomic mass is 10.6. The summed E-state index contributed by atoms with van der Waals surface area (Å²) in [7, 11) is 0. The maximum absolute atomic E-state index is 2.72. The predicted octanol–water partition coefficient (Wildman–Crippen LogP) is 1.23. The van der Waals surface area contributed by atoms with Gasteiger partial charge in [-0.15, -0.1) is 0 Å². The van der Waals surface area contributed by atoms with Crippen molar-refractivity contribution in [3.63, 3.8) is 0 Å². The van der Waals surface area contributed by atoms with Crippen molar-refractivity contribution in [2.75, 3.05) is 0 Å². The average molecular weight is 131 g/mol. The van der Waals surface area contributed by atoms with Crippen LogP contribution in [0.1, 0.15) is 20.8 Å². The van der Waals surface area contributed by atoms with Crippen molar-refractivity contribution in [2.45, 2.75) is 20.8 Å². The minimum atomic E-state index is 1.46. The van der Waals surface area contributed by atoms with E-state index in [0.717, 1.165) is 0 Å². The summed E-state index contributed by atoms with van der Waals surface area (Å²) in [5, 5.41) is 0. The van der Waals surface area contributed by atoms with Gasteiger partial charge in [0.15, 0.2) is 0 Å². The van der Waals surface area contributed by atoms with Crippen LogP contribution in [0.5, 0.6) is 0 Å². The van der Waals surface area contributed by atoms with E-state index in [1.165, 1.54) is 4.90 Å². The second kappa shape index (κ2) is 5.61. The Labute approximate surface area is 62.4 Å². The van der Waals surface area contributed by atoms with E-state index >= 15 is 0 Å². The lowest BCUT2D eigenvalue weighted by Gasteiger charge is -1.93. The molecule has 0 aliphatic rings. The third kappa shape index (κ3) is 3.48. The van der Waals surface area contributed by atoms with E-state index in [-0.39, 0.29) is 0 Å². The van der Waals surface area contributed by atoms with Gasteiger partial charge in [-0.2, -0.15) is 4.90 Å². The summed E-state index contributed by atoms with van der Waals surface area (Å²) >= 11 is 0. The molecule has 0 heterocycles. The zero-order valence-electron chi connectivity index (χ0n) is 6.45. The normalized spacial score (nSPS) is 5.10. The molecule has 0 rings (SSSR count). The predicted molar refractivity (Wildman–Crippen MR) is 42.2 cm³/mol. The molecule has 0 bridgehead atoms. The average Bonchev–Trinajstić information content (AvgIpc) is 1.90. The Morgan fingerprint density at radius 2 is 1.00 bits per heavy atom. The summed E-state index contributed by atoms with van der Waals surface area (Å²) in [4.78, 5) is 1.46. The van der Waals surface area contributed by atoms with Crippen molar-refractivity contribution in [2.24, 2.45) is 0 Å². The van der Waals surface area contributed by atoms with Gasteiger partial charge in [0.1, 0.15) is 0 Å². The molecule has 0 saturated heterocycles. The van der Waals surface area contributed by atoms with Crippen LogP contribution in [0.25, 0.3) is 0 Å². The van der Waals surface area contributed by atoms with Gasteiger partial charge in [0.2, 0.25) is 0 Å². The molecule has 0 aliphatic carbocycles. The topological polar surface area (TPSA) is 3.24 Å². The highest BCUT2D eigenvalue weighted by molar-refractivity contribution is 5.17. The first-order valence-electron chi connectivity index (χ1n) is 2.92. The fourth-order valence-electron chi connectivity index (χ4n) is 0.419. The second-order valence-corrected chi connectivity index (χ2v) is 1.42. The van der Waals surface area contributed by atoms with Crippen LogP contribution < -0.4 is 0 Å². The molecule has 1 heteroatoms. The van der Waals surface area contributed by atoms with Gasteiger partial charge in [-0.1, -0.05) is 17.8 Å². The van der Waals surface area contributed by atoms with Crippen molar-refractivity contribution < 1.29 is 0 Å². The zero-order chi connectivity index (χ0) is 7.82. The summed E-state index contributed by atoms with van der Waals surface area (Å²) in [6.45, 7) is 5.26. The van der Waals surface area contributed by atoms with E-state index in [1.54, 1.807) is 20.8 Å². The van der Waals surface area contributed by atoms with Gasteiger partial charge in [-0.3, -0.25) is 0 Å². The van der Waals surface area contributed by atoms with E-state index in [9.17, 15) is 0 Å². The lowest BCUT2D eigenvalue weighted by Crippen LogP contribution is -2.00. The summed E-state index contributed by atoms with van der Waals surface area (Å²) in [5.41, 5.74) is 0. The molecule has 0 spiro atoms. The van der Waals surface area contributed by atoms with Crippen molar-refractivity contribution in [3.05, 3.63) is 0 Å². The number of rotatable bonds is 0. The Morgan fingerprint density at radius 3 is 1.20 bits per heavy atom. The summed E-state index contributed by atoms with van der Waals surface area (Å²) in [6, 6.07) is 8.16. The Kier molecular flexibility index (Phi) is 4.76. The molecule has 0 unspecified atom stereocenters. The molecule has 0 aromatic rings. The van der Waals surface area contributed by atoms with Crippen LogP contribution in [0.4, 0.5) is 0 Å². The van der Waals surface area contributed by atoms with Crippen LogP contribution in [-0.2, 0) is 0 Å². The molecule has 0 N–H and O–H groups in total. The van der Waals surface area contributed by atoms with E-state index < -0.39 is 0 Å². The van der Waals surface area contributed by atoms with Crippen LogP contribution in [-0.4, -0.2) is 4.90 Å². The summed E-state index contributed by atoms with van der Waals surface area (Å²) < 4.78 is 0. The van der Waals surface area contributed by atoms with Crippen molar-refractivity contribution in [3.8, 4) is 35.9 Å². The smallest absolute Gasteiger partial charge is 0.0333 e. The standard InChI is InChI=1S/C9H9N/c1-4-7-10(8-5-2)9-6-3/h1-3H3. The van der Waals surface area contributed by atoms with Gasteiger partial charge in [0.25, 0.3) is 0 Å². The minimum Gasteiger partial charge on any atom is -0.183 e. The van der Waals surface area contributed by atoms with Crippen molar-refractivity contribution in [1.82, 2.24) is 4.90 Å². The Hall–Kier alpha value is -1.52. The maximum atomic E-state index is 2.72. The summed E-state index contributed by atoms with van der Waals surface area (Å²) in [5.74, 6) is 8.12. The highest BCUT2D eigenvalue weighted by Gasteiger charge is 1.80. The van der Waals surface area contributed by atoms with Gasteiger partial charge in [-0.05, 0) is 20.8 Å². The summed E-state index contributed by atoms with van der Waals surface area (Å²) in [6.07, 6.45) is 0. The Balaban J connectivity index is 4.26. The second-order valence-electron chi connectivity index (χ2n) is 1.42. The SMILES string of the molecule is CC#CN(C#CC)C#CC. The third-order valence-electron chi connectivity index (χ3n) is 0.671. The van der Waals surface area contributed by atoms with Gasteiger partial charge in [0.05, 0.1) is 0 Å². The van der Waals surface area contributed by atoms with Crippen LogP contribution in [0.2, 0.25) is 0 Å². The molecule has 0 radical (unpaired) electrons. The van der Waals surface area contributed by atoms with Gasteiger partial charge in [0, 0.05) is 18.1 Å². The molecule has 0 amide bonds. The zero-order valence-corrected chi connectivity index (χ0v) is 6.45. The number of nitrogens with zero attached hydrogens (tertiary/aromatic N) is 1. The van der Waals surface area contributed by atoms with Crippen LogP contribution in [0.15, 0.2) is 0 Å². The molecule has 0 aromatic carbocycles. The van der Waals surface area contributed by atoms with E-state index in [4.69, 9.17) is 0 Å². The Morgan fingerprint density at radius 1 is 0.700 bits per heavy atom. The van der Waals surface area contributed by atoms with Gasteiger partial charge in [-0.25, -0.2) is 0 Å². The molecule has 10 heavy (non-hydrogen) atoms. The molecule has 0 saturated carbocycles. The van der Waals surface area contributed by atoms with Gasteiger partial charge < -0.3 is 0 Å². The molecule has 0 atom stereocenters. The highest BCUT2D eigenvalue weighted by Crippen LogP contribution is 1.75. The Bertz CT molecular complexity index is 209. The maximum Gasteiger partial charge on any atom is 0.0333 e. The largest absolute Gasteiger partial charge is 0.183 e. The van der Waals surface area contributed by atoms with Gasteiger partial charge >= 0.3 is 0 Å². The van der Waals surface area contributed by atoms with Crippen LogP contribution in [0.3, 0.4) is 0 Å². The molecule has 1 nitrogen and oxygen atoms in total. The highest BCUT2D eigenvalue weighted by atomic mass is 15.0. The van der Waals surface area contributed by atoms with E-state index in [2.05, 4.69) is 35.9 Å². The number of hydrogen-bond donors (Lipinski definition) is 0. The van der Waals surface area contributed by atoms with Crippen LogP contribution in [0, 0.1) is 35.9 Å². The monoisotopic (exact) mass is 131 g/mol. The van der Waals surface area contributed by atoms with Crippen molar-refractivity contribution in [1.29, 1.82) is 0 Å². The fraction of sp³-hybridized carbons (Fsp3) is 0.333. The van der Waals surface area contributed by atoms with Crippen LogP contribution >= 0.6 is 0 Å². The third-order valence-corrected chi connectivity index (χ3v) is 0.671. The molecular formula is C9H9N. The molecule has 50 valence electrons. The first kappa shape index (κ1) is 8.48. The number of hydrogen-bond acceptors (Lipinski definition) is 1. The fourth-order valence-corrected chi connectivity index (χ4v) is 0.419. The first-order valence-corrected chi connectivity index (χ1v) is 2.92. The van der Waals surface area contributed by atoms with Crippen molar-refractivity contribution >= 4 is 0 Å². The lowest BCUT2D eigenvalue weighted by molar-refractivity contribution is 0.818. The first-order chi connectivity index (χ1) is 4.85. The van der Waals surface area contributed by atoms with E-state index in [0.29, 0.717) is 0 Å². The molecule has 0 aliphatic heterocycles. The minimum absolute atomic E-state index is 1.46. The molecule has 0 aromatic heterocycles. The molecule has 0 fully saturated rings.